The maximum absolute atomic E-state index is 12.0. The smallest absolute Gasteiger partial charge is 0.251 e. The molecule has 1 aromatic rings. The fourth-order valence-electron chi connectivity index (χ4n) is 2.27. The molecule has 0 spiro atoms. The Bertz CT molecular complexity index is 447. The Labute approximate surface area is 125 Å². The minimum absolute atomic E-state index is 0.0220. The van der Waals surface area contributed by atoms with Crippen LogP contribution >= 0.6 is 31.9 Å². The molecule has 1 aliphatic carbocycles. The van der Waals surface area contributed by atoms with Crippen LogP contribution in [-0.2, 0) is 0 Å². The Morgan fingerprint density at radius 3 is 2.83 bits per heavy atom. The topological polar surface area (TPSA) is 29.1 Å². The first-order chi connectivity index (χ1) is 8.56. The molecule has 0 heterocycles. The van der Waals surface area contributed by atoms with E-state index in [1.165, 1.54) is 12.8 Å². The van der Waals surface area contributed by atoms with Gasteiger partial charge in [0, 0.05) is 21.4 Å². The zero-order chi connectivity index (χ0) is 13.1. The minimum Gasteiger partial charge on any atom is -0.352 e. The highest BCUT2D eigenvalue weighted by Crippen LogP contribution is 2.30. The molecule has 0 aliphatic heterocycles. The van der Waals surface area contributed by atoms with E-state index in [2.05, 4.69) is 37.2 Å². The van der Waals surface area contributed by atoms with Gasteiger partial charge >= 0.3 is 0 Å². The van der Waals surface area contributed by atoms with Crippen molar-refractivity contribution in [3.05, 3.63) is 33.8 Å². The molecule has 1 saturated carbocycles. The van der Waals surface area contributed by atoms with Crippen LogP contribution in [0.3, 0.4) is 0 Å². The second-order valence-corrected chi connectivity index (χ2v) is 7.10. The second-order valence-electron chi connectivity index (χ2n) is 4.95. The average Bonchev–Trinajstić information content (AvgIpc) is 2.75. The van der Waals surface area contributed by atoms with Crippen LogP contribution in [-0.4, -0.2) is 17.3 Å². The molecule has 1 aliphatic rings. The minimum atomic E-state index is 0.0220. The van der Waals surface area contributed by atoms with Gasteiger partial charge in [-0.05, 0) is 49.8 Å². The Hall–Kier alpha value is -0.350. The molecule has 0 bridgehead atoms. The number of aryl methyl sites for hydroxylation is 1. The van der Waals surface area contributed by atoms with Gasteiger partial charge in [-0.15, -0.1) is 0 Å². The van der Waals surface area contributed by atoms with Crippen LogP contribution in [0.2, 0.25) is 0 Å². The number of halogens is 2. The van der Waals surface area contributed by atoms with E-state index in [1.54, 1.807) is 0 Å². The molecule has 2 unspecified atom stereocenters. The summed E-state index contributed by atoms with van der Waals surface area (Å²) < 4.78 is 0.983. The SMILES string of the molecule is Cc1ccc(C(=O)NCC2CCC(Br)C2)cc1Br. The molecule has 1 N–H and O–H groups in total. The molecule has 4 heteroatoms. The molecular formula is C14H17Br2NO. The van der Waals surface area contributed by atoms with Crippen molar-refractivity contribution >= 4 is 37.8 Å². The van der Waals surface area contributed by atoms with Gasteiger partial charge in [-0.3, -0.25) is 4.79 Å². The Morgan fingerprint density at radius 1 is 1.44 bits per heavy atom. The third kappa shape index (κ3) is 3.58. The van der Waals surface area contributed by atoms with E-state index in [4.69, 9.17) is 0 Å². The van der Waals surface area contributed by atoms with E-state index in [0.29, 0.717) is 10.7 Å². The summed E-state index contributed by atoms with van der Waals surface area (Å²) >= 11 is 7.08. The Morgan fingerprint density at radius 2 is 2.22 bits per heavy atom. The first kappa shape index (κ1) is 14.1. The largest absolute Gasteiger partial charge is 0.352 e. The van der Waals surface area contributed by atoms with Gasteiger partial charge in [0.2, 0.25) is 0 Å². The quantitative estimate of drug-likeness (QED) is 0.794. The highest BCUT2D eigenvalue weighted by Gasteiger charge is 2.22. The number of carbonyl (C=O) groups is 1. The number of rotatable bonds is 3. The van der Waals surface area contributed by atoms with Crippen molar-refractivity contribution < 1.29 is 4.79 Å². The van der Waals surface area contributed by atoms with Gasteiger partial charge in [0.25, 0.3) is 5.91 Å². The first-order valence-electron chi connectivity index (χ1n) is 6.24. The number of amides is 1. The fourth-order valence-corrected chi connectivity index (χ4v) is 3.44. The molecule has 2 nitrogen and oxygen atoms in total. The molecule has 1 aromatic carbocycles. The van der Waals surface area contributed by atoms with Gasteiger partial charge in [0.15, 0.2) is 0 Å². The third-order valence-electron chi connectivity index (χ3n) is 3.46. The predicted octanol–water partition coefficient (Wildman–Crippen LogP) is 4.05. The summed E-state index contributed by atoms with van der Waals surface area (Å²) in [7, 11) is 0. The highest BCUT2D eigenvalue weighted by molar-refractivity contribution is 9.10. The van der Waals surface area contributed by atoms with Crippen molar-refractivity contribution in [1.29, 1.82) is 0 Å². The van der Waals surface area contributed by atoms with Crippen molar-refractivity contribution in [3.8, 4) is 0 Å². The number of nitrogens with one attached hydrogen (secondary N) is 1. The summed E-state index contributed by atoms with van der Waals surface area (Å²) in [6.07, 6.45) is 3.59. The molecule has 2 atom stereocenters. The predicted molar refractivity (Wildman–Crippen MR) is 81.3 cm³/mol. The molecule has 1 fully saturated rings. The van der Waals surface area contributed by atoms with Crippen LogP contribution in [0.4, 0.5) is 0 Å². The molecular weight excluding hydrogens is 358 g/mol. The monoisotopic (exact) mass is 373 g/mol. The van der Waals surface area contributed by atoms with Crippen LogP contribution in [0, 0.1) is 12.8 Å². The molecule has 0 aromatic heterocycles. The lowest BCUT2D eigenvalue weighted by atomic mass is 10.1. The van der Waals surface area contributed by atoms with Crippen LogP contribution < -0.4 is 5.32 Å². The van der Waals surface area contributed by atoms with Crippen LogP contribution in [0.15, 0.2) is 22.7 Å². The maximum atomic E-state index is 12.0. The molecule has 98 valence electrons. The average molecular weight is 375 g/mol. The van der Waals surface area contributed by atoms with E-state index < -0.39 is 0 Å². The van der Waals surface area contributed by atoms with Gasteiger partial charge in [0.05, 0.1) is 0 Å². The van der Waals surface area contributed by atoms with Gasteiger partial charge in [-0.2, -0.15) is 0 Å². The van der Waals surface area contributed by atoms with E-state index >= 15 is 0 Å². The summed E-state index contributed by atoms with van der Waals surface area (Å²) in [5.41, 5.74) is 1.87. The normalized spacial score (nSPS) is 23.1. The first-order valence-corrected chi connectivity index (χ1v) is 7.95. The molecule has 0 saturated heterocycles. The van der Waals surface area contributed by atoms with Gasteiger partial charge in [-0.1, -0.05) is 37.9 Å². The Kier molecular flexibility index (Phi) is 4.84. The van der Waals surface area contributed by atoms with Crippen molar-refractivity contribution in [2.24, 2.45) is 5.92 Å². The van der Waals surface area contributed by atoms with Gasteiger partial charge < -0.3 is 5.32 Å². The molecule has 18 heavy (non-hydrogen) atoms. The summed E-state index contributed by atoms with van der Waals surface area (Å²) in [6.45, 7) is 2.80. The van der Waals surface area contributed by atoms with Gasteiger partial charge in [-0.25, -0.2) is 0 Å². The number of benzene rings is 1. The summed E-state index contributed by atoms with van der Waals surface area (Å²) in [5.74, 6) is 0.640. The maximum Gasteiger partial charge on any atom is 0.251 e. The van der Waals surface area contributed by atoms with Crippen LogP contribution in [0.5, 0.6) is 0 Å². The van der Waals surface area contributed by atoms with Crippen molar-refractivity contribution in [2.45, 2.75) is 31.0 Å². The van der Waals surface area contributed by atoms with Crippen LogP contribution in [0.1, 0.15) is 35.2 Å². The third-order valence-corrected chi connectivity index (χ3v) is 5.15. The van der Waals surface area contributed by atoms with Crippen molar-refractivity contribution in [2.75, 3.05) is 6.54 Å². The van der Waals surface area contributed by atoms with Gasteiger partial charge in [0.1, 0.15) is 0 Å². The summed E-state index contributed by atoms with van der Waals surface area (Å²) in [4.78, 5) is 12.6. The van der Waals surface area contributed by atoms with Crippen molar-refractivity contribution in [1.82, 2.24) is 5.32 Å². The summed E-state index contributed by atoms with van der Waals surface area (Å²) in [5, 5.41) is 3.03. The number of hydrogen-bond donors (Lipinski definition) is 1. The van der Waals surface area contributed by atoms with E-state index in [9.17, 15) is 4.79 Å². The lowest BCUT2D eigenvalue weighted by molar-refractivity contribution is 0.0947. The zero-order valence-corrected chi connectivity index (χ0v) is 13.6. The van der Waals surface area contributed by atoms with Crippen molar-refractivity contribution in [3.63, 3.8) is 0 Å². The second kappa shape index (κ2) is 6.20. The van der Waals surface area contributed by atoms with E-state index in [1.807, 2.05) is 25.1 Å². The Balaban J connectivity index is 1.89. The van der Waals surface area contributed by atoms with E-state index in [0.717, 1.165) is 28.6 Å². The fraction of sp³-hybridized carbons (Fsp3) is 0.500. The lowest BCUT2D eigenvalue weighted by Crippen LogP contribution is -2.28. The number of carbonyl (C=O) groups excluding carboxylic acids is 1. The molecule has 2 rings (SSSR count). The zero-order valence-electron chi connectivity index (χ0n) is 10.4. The standard InChI is InChI=1S/C14H17Br2NO/c1-9-2-4-11(7-13(9)16)14(18)17-8-10-3-5-12(15)6-10/h2,4,7,10,12H,3,5-6,8H2,1H3,(H,17,18). The van der Waals surface area contributed by atoms with E-state index in [-0.39, 0.29) is 5.91 Å². The van der Waals surface area contributed by atoms with Crippen LogP contribution in [0.25, 0.3) is 0 Å². The number of alkyl halides is 1. The molecule has 0 radical (unpaired) electrons. The lowest BCUT2D eigenvalue weighted by Gasteiger charge is -2.11. The number of hydrogen-bond acceptors (Lipinski definition) is 1. The highest BCUT2D eigenvalue weighted by atomic mass is 79.9. The summed E-state index contributed by atoms with van der Waals surface area (Å²) in [6, 6.07) is 5.72. The molecule has 1 amide bonds.